The molecule has 0 rings (SSSR count). The standard InChI is InChI=1S/2C2H6N.2BrH.Hf/c2*1-3-2;;;/h2*1-2H3;2*1H;/q2*-1;;;+4/p-2. The summed E-state index contributed by atoms with van der Waals surface area (Å²) in [6, 6.07) is 0. The largest absolute Gasteiger partial charge is 4.00 e. The molecular formula is C4H12Br2HfN2. The molecule has 56 valence electrons. The first-order valence-electron chi connectivity index (χ1n) is 1.79. The average molecular weight is 426 g/mol. The molecule has 0 aromatic carbocycles. The Morgan fingerprint density at radius 1 is 0.667 bits per heavy atom. The second-order valence-electron chi connectivity index (χ2n) is 0.894. The molecule has 0 amide bonds. The molecule has 0 atom stereocenters. The van der Waals surface area contributed by atoms with Gasteiger partial charge in [0.2, 0.25) is 0 Å². The third-order valence-corrected chi connectivity index (χ3v) is 0. The van der Waals surface area contributed by atoms with Crippen molar-refractivity contribution in [2.24, 2.45) is 0 Å². The molecule has 0 aliphatic rings. The number of hydrogen-bond acceptors (Lipinski definition) is 0. The van der Waals surface area contributed by atoms with Crippen molar-refractivity contribution in [1.82, 2.24) is 0 Å². The van der Waals surface area contributed by atoms with E-state index in [1.807, 2.05) is 0 Å². The van der Waals surface area contributed by atoms with Crippen LogP contribution in [0.15, 0.2) is 0 Å². The van der Waals surface area contributed by atoms with Crippen molar-refractivity contribution >= 4 is 0 Å². The zero-order chi connectivity index (χ0) is 5.41. The van der Waals surface area contributed by atoms with Gasteiger partial charge < -0.3 is 44.6 Å². The Bertz CT molecular complexity index is 18.5. The van der Waals surface area contributed by atoms with Gasteiger partial charge in [-0.3, -0.25) is 0 Å². The Morgan fingerprint density at radius 2 is 0.667 bits per heavy atom. The predicted octanol–water partition coefficient (Wildman–Crippen LogP) is -4.76. The maximum absolute atomic E-state index is 3.50. The zero-order valence-electron chi connectivity index (χ0n) is 6.15. The van der Waals surface area contributed by atoms with E-state index in [2.05, 4.69) is 10.6 Å². The molecule has 0 fully saturated rings. The number of rotatable bonds is 0. The van der Waals surface area contributed by atoms with E-state index in [0.29, 0.717) is 0 Å². The molecular weight excluding hydrogens is 414 g/mol. The van der Waals surface area contributed by atoms with Crippen LogP contribution in [-0.4, -0.2) is 28.2 Å². The van der Waals surface area contributed by atoms with E-state index in [4.69, 9.17) is 0 Å². The van der Waals surface area contributed by atoms with E-state index >= 15 is 0 Å². The number of halogens is 2. The van der Waals surface area contributed by atoms with Gasteiger partial charge in [0.25, 0.3) is 0 Å². The van der Waals surface area contributed by atoms with Crippen molar-refractivity contribution in [3.05, 3.63) is 10.6 Å². The Balaban J connectivity index is -0.00000000889. The van der Waals surface area contributed by atoms with Gasteiger partial charge in [0.15, 0.2) is 0 Å². The van der Waals surface area contributed by atoms with Gasteiger partial charge >= 0.3 is 25.8 Å². The van der Waals surface area contributed by atoms with Crippen LogP contribution >= 0.6 is 0 Å². The third kappa shape index (κ3) is 191. The Hall–Kier alpha value is 1.75. The van der Waals surface area contributed by atoms with Crippen LogP contribution in [0.1, 0.15) is 0 Å². The van der Waals surface area contributed by atoms with Crippen LogP contribution in [0.4, 0.5) is 0 Å². The van der Waals surface area contributed by atoms with Crippen LogP contribution in [0.5, 0.6) is 0 Å². The summed E-state index contributed by atoms with van der Waals surface area (Å²) < 4.78 is 0. The third-order valence-electron chi connectivity index (χ3n) is 0. The molecule has 0 unspecified atom stereocenters. The summed E-state index contributed by atoms with van der Waals surface area (Å²) in [4.78, 5) is 0. The molecule has 9 heavy (non-hydrogen) atoms. The van der Waals surface area contributed by atoms with E-state index in [1.54, 1.807) is 28.2 Å². The van der Waals surface area contributed by atoms with Crippen LogP contribution in [0.25, 0.3) is 10.6 Å². The van der Waals surface area contributed by atoms with Crippen molar-refractivity contribution in [1.29, 1.82) is 0 Å². The molecule has 0 aliphatic carbocycles. The summed E-state index contributed by atoms with van der Waals surface area (Å²) in [6.07, 6.45) is 0. The molecule has 0 saturated carbocycles. The van der Waals surface area contributed by atoms with Crippen molar-refractivity contribution in [2.45, 2.75) is 0 Å². The second kappa shape index (κ2) is 53.1. The maximum Gasteiger partial charge on any atom is 4.00 e. The van der Waals surface area contributed by atoms with E-state index in [0.717, 1.165) is 0 Å². The summed E-state index contributed by atoms with van der Waals surface area (Å²) in [5.74, 6) is 0. The minimum absolute atomic E-state index is 0. The van der Waals surface area contributed by atoms with Gasteiger partial charge in [0.05, 0.1) is 0 Å². The smallest absolute Gasteiger partial charge is 1.00 e. The first-order valence-corrected chi connectivity index (χ1v) is 1.79. The van der Waals surface area contributed by atoms with Gasteiger partial charge in [-0.25, -0.2) is 0 Å². The summed E-state index contributed by atoms with van der Waals surface area (Å²) in [5.41, 5.74) is 0. The van der Waals surface area contributed by atoms with Crippen molar-refractivity contribution < 1.29 is 59.8 Å². The molecule has 0 radical (unpaired) electrons. The van der Waals surface area contributed by atoms with Crippen molar-refractivity contribution in [3.63, 3.8) is 0 Å². The first kappa shape index (κ1) is 30.9. The van der Waals surface area contributed by atoms with Crippen LogP contribution < -0.4 is 34.0 Å². The van der Waals surface area contributed by atoms with Crippen LogP contribution in [0.3, 0.4) is 0 Å². The molecule has 5 heteroatoms. The van der Waals surface area contributed by atoms with E-state index in [1.165, 1.54) is 0 Å². The summed E-state index contributed by atoms with van der Waals surface area (Å²) >= 11 is 0. The maximum atomic E-state index is 3.50. The zero-order valence-corrected chi connectivity index (χ0v) is 12.9. The summed E-state index contributed by atoms with van der Waals surface area (Å²) in [6.45, 7) is 0. The van der Waals surface area contributed by atoms with Gasteiger partial charge in [0.1, 0.15) is 0 Å². The van der Waals surface area contributed by atoms with Gasteiger partial charge in [0, 0.05) is 0 Å². The quantitative estimate of drug-likeness (QED) is 0.348. The van der Waals surface area contributed by atoms with Gasteiger partial charge in [-0.05, 0) is 0 Å². The molecule has 0 aliphatic heterocycles. The molecule has 2 nitrogen and oxygen atoms in total. The monoisotopic (exact) mass is 426 g/mol. The van der Waals surface area contributed by atoms with Crippen LogP contribution in [0.2, 0.25) is 0 Å². The molecule has 0 spiro atoms. The molecule has 0 saturated heterocycles. The average Bonchev–Trinajstić information content (AvgIpc) is 1.39. The normalized spacial score (nSPS) is 4.00. The van der Waals surface area contributed by atoms with Gasteiger partial charge in [-0.1, -0.05) is 0 Å². The Labute approximate surface area is 97.9 Å². The number of hydrogen-bond donors (Lipinski definition) is 0. The molecule has 0 N–H and O–H groups in total. The fraction of sp³-hybridized carbons (Fsp3) is 1.00. The van der Waals surface area contributed by atoms with Crippen LogP contribution in [-0.2, 0) is 25.8 Å². The molecule has 0 aromatic heterocycles. The fourth-order valence-corrected chi connectivity index (χ4v) is 0. The fourth-order valence-electron chi connectivity index (χ4n) is 0. The van der Waals surface area contributed by atoms with Crippen LogP contribution in [0, 0.1) is 0 Å². The first-order chi connectivity index (χ1) is 2.83. The van der Waals surface area contributed by atoms with Gasteiger partial charge in [-0.2, -0.15) is 28.2 Å². The number of nitrogens with zero attached hydrogens (tertiary/aromatic N) is 2. The Kier molecular flexibility index (Phi) is 182. The predicted molar refractivity (Wildman–Crippen MR) is 30.4 cm³/mol. The van der Waals surface area contributed by atoms with E-state index in [-0.39, 0.29) is 59.8 Å². The summed E-state index contributed by atoms with van der Waals surface area (Å²) in [5, 5.41) is 7.00. The second-order valence-corrected chi connectivity index (χ2v) is 0.894. The van der Waals surface area contributed by atoms with Crippen molar-refractivity contribution in [2.75, 3.05) is 28.2 Å². The molecule has 0 bridgehead atoms. The molecule has 0 aromatic rings. The Morgan fingerprint density at radius 3 is 0.667 bits per heavy atom. The topological polar surface area (TPSA) is 28.2 Å². The van der Waals surface area contributed by atoms with E-state index < -0.39 is 0 Å². The van der Waals surface area contributed by atoms with E-state index in [9.17, 15) is 0 Å². The molecule has 0 heterocycles. The van der Waals surface area contributed by atoms with Gasteiger partial charge in [-0.15, -0.1) is 0 Å². The SMILES string of the molecule is C[N-]C.C[N-]C.[Br-].[Br-].[Hf+4]. The minimum Gasteiger partial charge on any atom is -1.00 e. The summed E-state index contributed by atoms with van der Waals surface area (Å²) in [7, 11) is 7.00. The van der Waals surface area contributed by atoms with Crippen molar-refractivity contribution in [3.8, 4) is 0 Å². The minimum atomic E-state index is 0.